The van der Waals surface area contributed by atoms with Crippen LogP contribution in [0, 0.1) is 0 Å². The first kappa shape index (κ1) is 21.4. The van der Waals surface area contributed by atoms with E-state index >= 15 is 0 Å². The molecule has 1 N–H and O–H groups in total. The predicted octanol–water partition coefficient (Wildman–Crippen LogP) is 3.56. The van der Waals surface area contributed by atoms with Gasteiger partial charge in [-0.1, -0.05) is 24.4 Å². The zero-order chi connectivity index (χ0) is 22.1. The number of nitrogens with one attached hydrogen (secondary N) is 1. The molecule has 3 aliphatic rings. The van der Waals surface area contributed by atoms with E-state index in [1.54, 1.807) is 0 Å². The van der Waals surface area contributed by atoms with Gasteiger partial charge in [0.2, 0.25) is 5.76 Å². The summed E-state index contributed by atoms with van der Waals surface area (Å²) < 4.78 is 5.51. The number of aromatic nitrogens is 3. The van der Waals surface area contributed by atoms with E-state index in [-0.39, 0.29) is 11.8 Å². The predicted molar refractivity (Wildman–Crippen MR) is 122 cm³/mol. The number of nitrogens with zero attached hydrogens (tertiary/aromatic N) is 5. The van der Waals surface area contributed by atoms with Gasteiger partial charge >= 0.3 is 0 Å². The molecule has 8 nitrogen and oxygen atoms in total. The Morgan fingerprint density at radius 3 is 2.72 bits per heavy atom. The highest BCUT2D eigenvalue weighted by molar-refractivity contribution is 5.91. The number of carbonyl (C=O) groups is 1. The number of anilines is 1. The van der Waals surface area contributed by atoms with E-state index in [9.17, 15) is 4.79 Å². The van der Waals surface area contributed by atoms with Gasteiger partial charge in [-0.15, -0.1) is 0 Å². The van der Waals surface area contributed by atoms with Gasteiger partial charge < -0.3 is 19.6 Å². The minimum atomic E-state index is -0.0595. The molecule has 0 spiro atoms. The summed E-state index contributed by atoms with van der Waals surface area (Å²) in [4.78, 5) is 27.2. The van der Waals surface area contributed by atoms with Gasteiger partial charge in [-0.3, -0.25) is 4.79 Å². The number of fused-ring (bicyclic) bond motifs is 1. The van der Waals surface area contributed by atoms with Crippen molar-refractivity contribution >= 4 is 11.7 Å². The van der Waals surface area contributed by atoms with Crippen molar-refractivity contribution in [3.63, 3.8) is 0 Å². The second-order valence-electron chi connectivity index (χ2n) is 9.63. The van der Waals surface area contributed by atoms with Crippen molar-refractivity contribution in [2.24, 2.45) is 0 Å². The molecule has 1 saturated carbocycles. The van der Waals surface area contributed by atoms with Crippen molar-refractivity contribution < 1.29 is 9.32 Å². The molecule has 32 heavy (non-hydrogen) atoms. The molecule has 2 aliphatic heterocycles. The smallest absolute Gasteiger partial charge is 0.292 e. The third-order valence-corrected chi connectivity index (χ3v) is 7.35. The quantitative estimate of drug-likeness (QED) is 0.781. The fourth-order valence-electron chi connectivity index (χ4n) is 5.48. The highest BCUT2D eigenvalue weighted by Gasteiger charge is 2.31. The average molecular weight is 439 g/mol. The van der Waals surface area contributed by atoms with Crippen LogP contribution in [0.1, 0.15) is 90.1 Å². The maximum absolute atomic E-state index is 13.2. The summed E-state index contributed by atoms with van der Waals surface area (Å²) in [7, 11) is 4.05. The van der Waals surface area contributed by atoms with Crippen molar-refractivity contribution in [1.82, 2.24) is 24.9 Å². The molecule has 5 rings (SSSR count). The summed E-state index contributed by atoms with van der Waals surface area (Å²) in [6.45, 7) is 3.23. The number of hydrogen-bond donors (Lipinski definition) is 1. The highest BCUT2D eigenvalue weighted by Crippen LogP contribution is 2.33. The molecule has 2 aromatic rings. The summed E-state index contributed by atoms with van der Waals surface area (Å²) in [5, 5.41) is 7.52. The Hall–Kier alpha value is -2.48. The first-order valence-electron chi connectivity index (χ1n) is 12.1. The number of amides is 1. The maximum atomic E-state index is 13.2. The van der Waals surface area contributed by atoms with E-state index in [1.165, 1.54) is 24.8 Å². The van der Waals surface area contributed by atoms with Crippen LogP contribution in [0.4, 0.5) is 5.82 Å². The topological polar surface area (TPSA) is 87.4 Å². The SMILES string of the molecule is CNc1nc(C2CCCN(C(=O)c3cc(C4CCCCC4)no3)C2)nc2c1CCN(C)C2. The summed E-state index contributed by atoms with van der Waals surface area (Å²) in [6.07, 6.45) is 8.95. The first-order chi connectivity index (χ1) is 15.6. The third kappa shape index (κ3) is 4.25. The molecule has 2 fully saturated rings. The number of rotatable bonds is 4. The van der Waals surface area contributed by atoms with Crippen LogP contribution in [0.5, 0.6) is 0 Å². The molecule has 1 unspecified atom stereocenters. The molecule has 4 heterocycles. The standard InChI is InChI=1S/C24H34N6O2/c1-25-23-18-10-12-29(2)15-20(18)26-22(27-23)17-9-6-11-30(14-17)24(31)21-13-19(28-32-21)16-7-4-3-5-8-16/h13,16-17H,3-12,14-15H2,1-2H3,(H,25,26,27). The Labute approximate surface area is 189 Å². The lowest BCUT2D eigenvalue weighted by molar-refractivity contribution is 0.0662. The van der Waals surface area contributed by atoms with E-state index in [0.29, 0.717) is 18.2 Å². The summed E-state index contributed by atoms with van der Waals surface area (Å²) in [6, 6.07) is 1.88. The van der Waals surface area contributed by atoms with Gasteiger partial charge in [0.15, 0.2) is 0 Å². The summed E-state index contributed by atoms with van der Waals surface area (Å²) in [5.41, 5.74) is 3.29. The minimum absolute atomic E-state index is 0.0595. The molecule has 1 aliphatic carbocycles. The number of carbonyl (C=O) groups excluding carboxylic acids is 1. The van der Waals surface area contributed by atoms with Gasteiger partial charge in [0.25, 0.3) is 5.91 Å². The Morgan fingerprint density at radius 2 is 1.91 bits per heavy atom. The molecule has 1 saturated heterocycles. The minimum Gasteiger partial charge on any atom is -0.373 e. The Morgan fingerprint density at radius 1 is 1.09 bits per heavy atom. The lowest BCUT2D eigenvalue weighted by atomic mass is 9.87. The Kier molecular flexibility index (Phi) is 6.13. The second-order valence-corrected chi connectivity index (χ2v) is 9.63. The zero-order valence-corrected chi connectivity index (χ0v) is 19.3. The van der Waals surface area contributed by atoms with Crippen LogP contribution < -0.4 is 5.32 Å². The molecule has 2 aromatic heterocycles. The zero-order valence-electron chi connectivity index (χ0n) is 19.3. The summed E-state index contributed by atoms with van der Waals surface area (Å²) >= 11 is 0. The monoisotopic (exact) mass is 438 g/mol. The lowest BCUT2D eigenvalue weighted by Crippen LogP contribution is -2.39. The second kappa shape index (κ2) is 9.17. The van der Waals surface area contributed by atoms with Crippen LogP contribution in [0.2, 0.25) is 0 Å². The molecular weight excluding hydrogens is 404 g/mol. The molecule has 0 aromatic carbocycles. The van der Waals surface area contributed by atoms with Crippen molar-refractivity contribution in [1.29, 1.82) is 0 Å². The largest absolute Gasteiger partial charge is 0.373 e. The fourth-order valence-corrected chi connectivity index (χ4v) is 5.48. The van der Waals surface area contributed by atoms with E-state index < -0.39 is 0 Å². The van der Waals surface area contributed by atoms with Crippen molar-refractivity contribution in [3.05, 3.63) is 34.6 Å². The van der Waals surface area contributed by atoms with Gasteiger partial charge in [-0.05, 0) is 39.2 Å². The van der Waals surface area contributed by atoms with Gasteiger partial charge in [0.1, 0.15) is 11.6 Å². The van der Waals surface area contributed by atoms with Crippen molar-refractivity contribution in [2.75, 3.05) is 39.0 Å². The van der Waals surface area contributed by atoms with Crippen LogP contribution in [0.3, 0.4) is 0 Å². The molecule has 0 bridgehead atoms. The van der Waals surface area contributed by atoms with Crippen molar-refractivity contribution in [3.8, 4) is 0 Å². The van der Waals surface area contributed by atoms with E-state index in [1.807, 2.05) is 18.0 Å². The number of likely N-dealkylation sites (N-methyl/N-ethyl adjacent to an activating group) is 1. The highest BCUT2D eigenvalue weighted by atomic mass is 16.5. The molecular formula is C24H34N6O2. The van der Waals surface area contributed by atoms with Gasteiger partial charge in [0.05, 0.1) is 11.4 Å². The van der Waals surface area contributed by atoms with E-state index in [0.717, 1.165) is 74.8 Å². The van der Waals surface area contributed by atoms with Crippen molar-refractivity contribution in [2.45, 2.75) is 69.7 Å². The average Bonchev–Trinajstić information content (AvgIpc) is 3.33. The lowest BCUT2D eigenvalue weighted by Gasteiger charge is -2.32. The maximum Gasteiger partial charge on any atom is 0.292 e. The van der Waals surface area contributed by atoms with Gasteiger partial charge in [0, 0.05) is 56.7 Å². The van der Waals surface area contributed by atoms with Crippen LogP contribution in [-0.4, -0.2) is 64.6 Å². The molecule has 1 atom stereocenters. The van der Waals surface area contributed by atoms with Crippen LogP contribution in [0.15, 0.2) is 10.6 Å². The van der Waals surface area contributed by atoms with E-state index in [2.05, 4.69) is 22.4 Å². The van der Waals surface area contributed by atoms with Gasteiger partial charge in [-0.25, -0.2) is 9.97 Å². The van der Waals surface area contributed by atoms with Crippen LogP contribution in [-0.2, 0) is 13.0 Å². The number of likely N-dealkylation sites (tertiary alicyclic amines) is 1. The number of piperidine rings is 1. The molecule has 0 radical (unpaired) electrons. The Balaban J connectivity index is 1.32. The number of hydrogen-bond acceptors (Lipinski definition) is 7. The molecule has 172 valence electrons. The Bertz CT molecular complexity index is 967. The molecule has 1 amide bonds. The molecule has 8 heteroatoms. The van der Waals surface area contributed by atoms with E-state index in [4.69, 9.17) is 14.5 Å². The normalized spacial score (nSPS) is 22.6. The third-order valence-electron chi connectivity index (χ3n) is 7.35. The fraction of sp³-hybridized carbons (Fsp3) is 0.667. The first-order valence-corrected chi connectivity index (χ1v) is 12.1. The summed E-state index contributed by atoms with van der Waals surface area (Å²) in [5.74, 6) is 2.67. The van der Waals surface area contributed by atoms with Gasteiger partial charge in [-0.2, -0.15) is 0 Å². The van der Waals surface area contributed by atoms with Crippen LogP contribution >= 0.6 is 0 Å². The van der Waals surface area contributed by atoms with Crippen LogP contribution in [0.25, 0.3) is 0 Å².